The molecule has 6 heteroatoms. The van der Waals surface area contributed by atoms with Gasteiger partial charge in [0.05, 0.1) is 11.0 Å². The Kier molecular flexibility index (Phi) is 4.09. The number of aromatic nitrogens is 2. The van der Waals surface area contributed by atoms with Gasteiger partial charge in [-0.15, -0.1) is 0 Å². The van der Waals surface area contributed by atoms with Gasteiger partial charge in [0.25, 0.3) is 0 Å². The number of benzene rings is 1. The summed E-state index contributed by atoms with van der Waals surface area (Å²) in [6.07, 6.45) is -4.26. The van der Waals surface area contributed by atoms with Crippen LogP contribution in [0.25, 0.3) is 11.0 Å². The van der Waals surface area contributed by atoms with Crippen molar-refractivity contribution in [2.45, 2.75) is 32.0 Å². The van der Waals surface area contributed by atoms with Crippen molar-refractivity contribution < 1.29 is 13.2 Å². The minimum Gasteiger partial charge on any atom is -0.330 e. The maximum absolute atomic E-state index is 12.2. The van der Waals surface area contributed by atoms with E-state index in [9.17, 15) is 13.2 Å². The average molecular weight is 271 g/mol. The van der Waals surface area contributed by atoms with Gasteiger partial charge in [-0.2, -0.15) is 13.2 Å². The average Bonchev–Trinajstić information content (AvgIpc) is 2.67. The lowest BCUT2D eigenvalue weighted by atomic mass is 10.2. The van der Waals surface area contributed by atoms with Crippen molar-refractivity contribution in [3.05, 3.63) is 30.1 Å². The third kappa shape index (κ3) is 3.47. The van der Waals surface area contributed by atoms with Crippen LogP contribution < -0.4 is 5.73 Å². The lowest BCUT2D eigenvalue weighted by molar-refractivity contribution is -0.135. The summed E-state index contributed by atoms with van der Waals surface area (Å²) >= 11 is 0. The van der Waals surface area contributed by atoms with E-state index in [4.69, 9.17) is 5.73 Å². The van der Waals surface area contributed by atoms with Gasteiger partial charge < -0.3 is 10.3 Å². The summed E-state index contributed by atoms with van der Waals surface area (Å²) in [7, 11) is 0. The Hall–Kier alpha value is -1.56. The smallest absolute Gasteiger partial charge is 0.330 e. The molecule has 1 aromatic heterocycles. The number of para-hydroxylation sites is 2. The van der Waals surface area contributed by atoms with Gasteiger partial charge in [0.15, 0.2) is 0 Å². The van der Waals surface area contributed by atoms with Crippen molar-refractivity contribution in [3.8, 4) is 0 Å². The highest BCUT2D eigenvalue weighted by Gasteiger charge is 2.26. The molecule has 2 aromatic rings. The molecule has 1 aromatic carbocycles. The first kappa shape index (κ1) is 13.9. The van der Waals surface area contributed by atoms with Crippen LogP contribution in [0.5, 0.6) is 0 Å². The fraction of sp³-hybridized carbons (Fsp3) is 0.462. The van der Waals surface area contributed by atoms with Crippen LogP contribution in [0.4, 0.5) is 13.2 Å². The van der Waals surface area contributed by atoms with Crippen LogP contribution in [-0.2, 0) is 13.0 Å². The third-order valence-electron chi connectivity index (χ3n) is 2.94. The summed E-state index contributed by atoms with van der Waals surface area (Å²) < 4.78 is 38.4. The lowest BCUT2D eigenvalue weighted by Crippen LogP contribution is -2.13. The standard InChI is InChI=1S/C13H16F3N3/c14-13(15,16)7-3-9-19-11-5-2-1-4-10(11)18-12(19)6-8-17/h1-2,4-5H,3,6-9,17H2. The molecule has 0 aliphatic rings. The minimum atomic E-state index is -4.11. The molecule has 0 atom stereocenters. The van der Waals surface area contributed by atoms with Crippen LogP contribution in [-0.4, -0.2) is 22.3 Å². The first-order chi connectivity index (χ1) is 9.01. The normalized spacial score (nSPS) is 12.2. The Balaban J connectivity index is 2.21. The molecule has 0 unspecified atom stereocenters. The van der Waals surface area contributed by atoms with Crippen LogP contribution in [0.15, 0.2) is 24.3 Å². The topological polar surface area (TPSA) is 43.8 Å². The van der Waals surface area contributed by atoms with Gasteiger partial charge in [0.2, 0.25) is 0 Å². The van der Waals surface area contributed by atoms with E-state index in [1.165, 1.54) is 0 Å². The summed E-state index contributed by atoms with van der Waals surface area (Å²) in [4.78, 5) is 4.42. The zero-order valence-corrected chi connectivity index (χ0v) is 10.5. The molecule has 2 N–H and O–H groups in total. The van der Waals surface area contributed by atoms with Gasteiger partial charge in [0.1, 0.15) is 5.82 Å². The largest absolute Gasteiger partial charge is 0.389 e. The fourth-order valence-corrected chi connectivity index (χ4v) is 2.13. The zero-order chi connectivity index (χ0) is 13.9. The molecular formula is C13H16F3N3. The van der Waals surface area contributed by atoms with Crippen LogP contribution in [0, 0.1) is 0 Å². The molecule has 104 valence electrons. The van der Waals surface area contributed by atoms with E-state index in [2.05, 4.69) is 4.98 Å². The summed E-state index contributed by atoms with van der Waals surface area (Å²) in [6.45, 7) is 0.748. The van der Waals surface area contributed by atoms with Gasteiger partial charge in [-0.05, 0) is 25.1 Å². The van der Waals surface area contributed by atoms with E-state index < -0.39 is 12.6 Å². The Bertz CT molecular complexity index is 546. The number of halogens is 3. The van der Waals surface area contributed by atoms with E-state index in [0.717, 1.165) is 16.9 Å². The molecule has 1 heterocycles. The highest BCUT2D eigenvalue weighted by molar-refractivity contribution is 5.75. The van der Waals surface area contributed by atoms with E-state index in [0.29, 0.717) is 19.5 Å². The summed E-state index contributed by atoms with van der Waals surface area (Å²) in [6, 6.07) is 7.45. The predicted octanol–water partition coefficient (Wildman–Crippen LogP) is 2.88. The molecule has 0 fully saturated rings. The number of rotatable bonds is 5. The van der Waals surface area contributed by atoms with Crippen LogP contribution in [0.2, 0.25) is 0 Å². The Labute approximate surface area is 109 Å². The first-order valence-electron chi connectivity index (χ1n) is 6.22. The van der Waals surface area contributed by atoms with Crippen molar-refractivity contribution in [2.24, 2.45) is 5.73 Å². The first-order valence-corrected chi connectivity index (χ1v) is 6.22. The number of hydrogen-bond donors (Lipinski definition) is 1. The van der Waals surface area contributed by atoms with Crippen molar-refractivity contribution in [1.82, 2.24) is 9.55 Å². The van der Waals surface area contributed by atoms with E-state index in [1.54, 1.807) is 0 Å². The molecule has 0 radical (unpaired) electrons. The number of hydrogen-bond acceptors (Lipinski definition) is 2. The maximum Gasteiger partial charge on any atom is 0.389 e. The van der Waals surface area contributed by atoms with E-state index >= 15 is 0 Å². The number of fused-ring (bicyclic) bond motifs is 1. The number of imidazole rings is 1. The molecular weight excluding hydrogens is 255 g/mol. The van der Waals surface area contributed by atoms with Crippen molar-refractivity contribution >= 4 is 11.0 Å². The minimum absolute atomic E-state index is 0.0570. The molecule has 0 bridgehead atoms. The number of nitrogens with zero attached hydrogens (tertiary/aromatic N) is 2. The highest BCUT2D eigenvalue weighted by atomic mass is 19.4. The SMILES string of the molecule is NCCc1nc2ccccc2n1CCCC(F)(F)F. The molecule has 3 nitrogen and oxygen atoms in total. The number of aryl methyl sites for hydroxylation is 1. The van der Waals surface area contributed by atoms with E-state index in [1.807, 2.05) is 28.8 Å². The molecule has 0 aliphatic heterocycles. The van der Waals surface area contributed by atoms with Crippen molar-refractivity contribution in [1.29, 1.82) is 0 Å². The number of alkyl halides is 3. The third-order valence-corrected chi connectivity index (χ3v) is 2.94. The predicted molar refractivity (Wildman–Crippen MR) is 67.8 cm³/mol. The molecule has 2 rings (SSSR count). The molecule has 0 amide bonds. The molecule has 0 spiro atoms. The fourth-order valence-electron chi connectivity index (χ4n) is 2.13. The zero-order valence-electron chi connectivity index (χ0n) is 10.5. The second-order valence-electron chi connectivity index (χ2n) is 4.43. The van der Waals surface area contributed by atoms with Crippen molar-refractivity contribution in [3.63, 3.8) is 0 Å². The monoisotopic (exact) mass is 271 g/mol. The molecule has 19 heavy (non-hydrogen) atoms. The maximum atomic E-state index is 12.2. The van der Waals surface area contributed by atoms with Gasteiger partial charge in [-0.3, -0.25) is 0 Å². The number of nitrogens with two attached hydrogens (primary N) is 1. The summed E-state index contributed by atoms with van der Waals surface area (Å²) in [5.41, 5.74) is 7.19. The molecule has 0 saturated carbocycles. The van der Waals surface area contributed by atoms with Crippen LogP contribution in [0.3, 0.4) is 0 Å². The second kappa shape index (κ2) is 5.61. The van der Waals surface area contributed by atoms with Gasteiger partial charge in [0, 0.05) is 19.4 Å². The highest BCUT2D eigenvalue weighted by Crippen LogP contribution is 2.23. The second-order valence-corrected chi connectivity index (χ2v) is 4.43. The van der Waals surface area contributed by atoms with Crippen LogP contribution >= 0.6 is 0 Å². The van der Waals surface area contributed by atoms with Crippen molar-refractivity contribution in [2.75, 3.05) is 6.54 Å². The summed E-state index contributed by atoms with van der Waals surface area (Å²) in [5.74, 6) is 0.755. The van der Waals surface area contributed by atoms with Gasteiger partial charge in [-0.25, -0.2) is 4.98 Å². The Morgan fingerprint density at radius 1 is 1.21 bits per heavy atom. The Morgan fingerprint density at radius 3 is 2.63 bits per heavy atom. The summed E-state index contributed by atoms with van der Waals surface area (Å²) in [5, 5.41) is 0. The van der Waals surface area contributed by atoms with Gasteiger partial charge >= 0.3 is 6.18 Å². The molecule has 0 aliphatic carbocycles. The van der Waals surface area contributed by atoms with Gasteiger partial charge in [-0.1, -0.05) is 12.1 Å². The quantitative estimate of drug-likeness (QED) is 0.908. The lowest BCUT2D eigenvalue weighted by Gasteiger charge is -2.10. The molecule has 0 saturated heterocycles. The van der Waals surface area contributed by atoms with E-state index in [-0.39, 0.29) is 6.42 Å². The van der Waals surface area contributed by atoms with Crippen LogP contribution in [0.1, 0.15) is 18.7 Å². The Morgan fingerprint density at radius 2 is 1.95 bits per heavy atom.